The molecule has 0 heterocycles. The lowest BCUT2D eigenvalue weighted by Gasteiger charge is -2.16. The van der Waals surface area contributed by atoms with E-state index in [1.165, 1.54) is 12.1 Å². The maximum Gasteiger partial charge on any atom is 0.321 e. The molecule has 0 aromatic heterocycles. The Morgan fingerprint density at radius 3 is 2.52 bits per heavy atom. The molecule has 1 unspecified atom stereocenters. The van der Waals surface area contributed by atoms with E-state index < -0.39 is 33.6 Å². The summed E-state index contributed by atoms with van der Waals surface area (Å²) in [6.07, 6.45) is 0.184. The Hall–Kier alpha value is -0.990. The lowest BCUT2D eigenvalue weighted by molar-refractivity contribution is -0.139. The highest BCUT2D eigenvalue weighted by Crippen LogP contribution is 2.18. The molecule has 1 atom stereocenters. The van der Waals surface area contributed by atoms with Crippen LogP contribution in [0.4, 0.5) is 4.39 Å². The Morgan fingerprint density at radius 2 is 2.05 bits per heavy atom. The number of sulfonamides is 1. The number of carboxylic acid groups (broad SMARTS) is 1. The summed E-state index contributed by atoms with van der Waals surface area (Å²) in [5.74, 6) is -2.24. The van der Waals surface area contributed by atoms with Crippen molar-refractivity contribution in [1.29, 1.82) is 0 Å². The number of carbonyl (C=O) groups is 1. The van der Waals surface area contributed by atoms with E-state index in [1.54, 1.807) is 13.8 Å². The molecule has 0 aliphatic rings. The fourth-order valence-electron chi connectivity index (χ4n) is 1.78. The second-order valence-electron chi connectivity index (χ2n) is 5.15. The summed E-state index contributed by atoms with van der Waals surface area (Å²) in [7, 11) is -3.87. The van der Waals surface area contributed by atoms with E-state index in [1.807, 2.05) is 0 Å². The van der Waals surface area contributed by atoms with Crippen LogP contribution >= 0.6 is 15.9 Å². The standard InChI is InChI=1S/C13H17BrFNO4S/c1-8(2)5-12(13(17)18)16-21(19,20)7-9-3-4-10(14)11(15)6-9/h3-4,6,8,12,16H,5,7H2,1-2H3,(H,17,18). The summed E-state index contributed by atoms with van der Waals surface area (Å²) in [4.78, 5) is 11.1. The van der Waals surface area contributed by atoms with Crippen LogP contribution in [0, 0.1) is 11.7 Å². The molecule has 0 aliphatic carbocycles. The van der Waals surface area contributed by atoms with Gasteiger partial charge in [0.2, 0.25) is 10.0 Å². The van der Waals surface area contributed by atoms with Crippen molar-refractivity contribution < 1.29 is 22.7 Å². The number of benzene rings is 1. The molecule has 21 heavy (non-hydrogen) atoms. The third-order valence-corrected chi connectivity index (χ3v) is 4.67. The maximum absolute atomic E-state index is 13.4. The largest absolute Gasteiger partial charge is 0.480 e. The molecule has 0 saturated heterocycles. The fraction of sp³-hybridized carbons (Fsp3) is 0.462. The molecule has 0 spiro atoms. The van der Waals surface area contributed by atoms with Crippen molar-refractivity contribution in [3.63, 3.8) is 0 Å². The van der Waals surface area contributed by atoms with Gasteiger partial charge in [0, 0.05) is 0 Å². The van der Waals surface area contributed by atoms with Gasteiger partial charge in [0.15, 0.2) is 0 Å². The SMILES string of the molecule is CC(C)CC(NS(=O)(=O)Cc1ccc(Br)c(F)c1)C(=O)O. The number of nitrogens with one attached hydrogen (secondary N) is 1. The topological polar surface area (TPSA) is 83.5 Å². The van der Waals surface area contributed by atoms with E-state index in [4.69, 9.17) is 5.11 Å². The number of hydrogen-bond donors (Lipinski definition) is 2. The van der Waals surface area contributed by atoms with Crippen molar-refractivity contribution >= 4 is 31.9 Å². The molecule has 1 rings (SSSR count). The number of aliphatic carboxylic acids is 1. The number of halogens is 2. The van der Waals surface area contributed by atoms with Gasteiger partial charge in [-0.15, -0.1) is 0 Å². The van der Waals surface area contributed by atoms with Gasteiger partial charge in [-0.3, -0.25) is 4.79 Å². The smallest absolute Gasteiger partial charge is 0.321 e. The Balaban J connectivity index is 2.84. The first-order chi connectivity index (χ1) is 9.60. The van der Waals surface area contributed by atoms with Crippen LogP contribution in [0.15, 0.2) is 22.7 Å². The molecular weight excluding hydrogens is 365 g/mol. The average Bonchev–Trinajstić information content (AvgIpc) is 2.31. The highest BCUT2D eigenvalue weighted by atomic mass is 79.9. The third kappa shape index (κ3) is 6.11. The molecule has 2 N–H and O–H groups in total. The van der Waals surface area contributed by atoms with Gasteiger partial charge in [0.25, 0.3) is 0 Å². The highest BCUT2D eigenvalue weighted by molar-refractivity contribution is 9.10. The van der Waals surface area contributed by atoms with E-state index in [0.29, 0.717) is 0 Å². The van der Waals surface area contributed by atoms with Gasteiger partial charge >= 0.3 is 5.97 Å². The first-order valence-electron chi connectivity index (χ1n) is 6.27. The monoisotopic (exact) mass is 381 g/mol. The van der Waals surface area contributed by atoms with Crippen molar-refractivity contribution in [2.75, 3.05) is 0 Å². The molecule has 0 bridgehead atoms. The second kappa shape index (κ2) is 7.33. The molecule has 0 fully saturated rings. The van der Waals surface area contributed by atoms with Gasteiger partial charge < -0.3 is 5.11 Å². The molecule has 1 aromatic rings. The van der Waals surface area contributed by atoms with Crippen molar-refractivity contribution in [2.45, 2.75) is 32.1 Å². The van der Waals surface area contributed by atoms with Crippen LogP contribution < -0.4 is 4.72 Å². The van der Waals surface area contributed by atoms with Crippen LogP contribution in [0.3, 0.4) is 0 Å². The zero-order chi connectivity index (χ0) is 16.2. The molecule has 8 heteroatoms. The molecule has 118 valence electrons. The van der Waals surface area contributed by atoms with Crippen molar-refractivity contribution in [1.82, 2.24) is 4.72 Å². The van der Waals surface area contributed by atoms with E-state index in [9.17, 15) is 17.6 Å². The molecule has 0 radical (unpaired) electrons. The summed E-state index contributed by atoms with van der Waals surface area (Å²) in [5.41, 5.74) is 0.247. The van der Waals surface area contributed by atoms with Crippen LogP contribution in [-0.4, -0.2) is 25.5 Å². The molecule has 0 amide bonds. The number of hydrogen-bond acceptors (Lipinski definition) is 3. The van der Waals surface area contributed by atoms with E-state index in [-0.39, 0.29) is 22.4 Å². The lowest BCUT2D eigenvalue weighted by atomic mass is 10.1. The number of rotatable bonds is 7. The van der Waals surface area contributed by atoms with Crippen molar-refractivity contribution in [2.24, 2.45) is 5.92 Å². The van der Waals surface area contributed by atoms with Crippen molar-refractivity contribution in [3.05, 3.63) is 34.1 Å². The minimum absolute atomic E-state index is 0.0268. The van der Waals surface area contributed by atoms with E-state index in [0.717, 1.165) is 6.07 Å². The summed E-state index contributed by atoms with van der Waals surface area (Å²) in [5, 5.41) is 9.04. The summed E-state index contributed by atoms with van der Waals surface area (Å²) < 4.78 is 39.7. The average molecular weight is 382 g/mol. The summed E-state index contributed by atoms with van der Waals surface area (Å²) in [6.45, 7) is 3.60. The Labute approximate surface area is 131 Å². The Morgan fingerprint density at radius 1 is 1.43 bits per heavy atom. The lowest BCUT2D eigenvalue weighted by Crippen LogP contribution is -2.42. The fourth-order valence-corrected chi connectivity index (χ4v) is 3.36. The number of carboxylic acids is 1. The minimum Gasteiger partial charge on any atom is -0.480 e. The maximum atomic E-state index is 13.4. The predicted octanol–water partition coefficient (Wildman–Crippen LogP) is 2.51. The quantitative estimate of drug-likeness (QED) is 0.759. The first-order valence-corrected chi connectivity index (χ1v) is 8.72. The normalized spacial score (nSPS) is 13.4. The molecule has 0 aliphatic heterocycles. The molecule has 0 saturated carbocycles. The van der Waals surface area contributed by atoms with E-state index >= 15 is 0 Å². The van der Waals surface area contributed by atoms with Crippen LogP contribution in [0.1, 0.15) is 25.8 Å². The van der Waals surface area contributed by atoms with Gasteiger partial charge in [-0.1, -0.05) is 19.9 Å². The third-order valence-electron chi connectivity index (χ3n) is 2.67. The van der Waals surface area contributed by atoms with Gasteiger partial charge in [-0.25, -0.2) is 17.5 Å². The molecule has 5 nitrogen and oxygen atoms in total. The Kier molecular flexibility index (Phi) is 6.30. The molecular formula is C13H17BrFNO4S. The van der Waals surface area contributed by atoms with Crippen LogP contribution in [0.2, 0.25) is 0 Å². The van der Waals surface area contributed by atoms with Gasteiger partial charge in [0.05, 0.1) is 10.2 Å². The van der Waals surface area contributed by atoms with Crippen LogP contribution in [-0.2, 0) is 20.6 Å². The Bertz CT molecular complexity index is 619. The zero-order valence-corrected chi connectivity index (χ0v) is 14.0. The second-order valence-corrected chi connectivity index (χ2v) is 7.75. The van der Waals surface area contributed by atoms with Crippen LogP contribution in [0.5, 0.6) is 0 Å². The highest BCUT2D eigenvalue weighted by Gasteiger charge is 2.25. The minimum atomic E-state index is -3.87. The summed E-state index contributed by atoms with van der Waals surface area (Å²) >= 11 is 2.98. The van der Waals surface area contributed by atoms with Gasteiger partial charge in [-0.2, -0.15) is 0 Å². The van der Waals surface area contributed by atoms with Crippen LogP contribution in [0.25, 0.3) is 0 Å². The van der Waals surface area contributed by atoms with E-state index in [2.05, 4.69) is 20.7 Å². The zero-order valence-electron chi connectivity index (χ0n) is 11.6. The molecule has 1 aromatic carbocycles. The summed E-state index contributed by atoms with van der Waals surface area (Å²) in [6, 6.07) is 2.78. The van der Waals surface area contributed by atoms with Crippen molar-refractivity contribution in [3.8, 4) is 0 Å². The van der Waals surface area contributed by atoms with Gasteiger partial charge in [-0.05, 0) is 46.0 Å². The van der Waals surface area contributed by atoms with Gasteiger partial charge in [0.1, 0.15) is 11.9 Å². The first kappa shape index (κ1) is 18.1. The predicted molar refractivity (Wildman–Crippen MR) is 80.7 cm³/mol.